The predicted octanol–water partition coefficient (Wildman–Crippen LogP) is 0.210. The fraction of sp³-hybridized carbons (Fsp3) is 0.444. The van der Waals surface area contributed by atoms with E-state index in [1.165, 1.54) is 10.9 Å². The summed E-state index contributed by atoms with van der Waals surface area (Å²) in [6, 6.07) is 9.17. The molecule has 202 valence electrons. The minimum Gasteiger partial charge on any atom is -0.387 e. The zero-order valence-corrected chi connectivity index (χ0v) is 21.1. The van der Waals surface area contributed by atoms with Crippen LogP contribution in [0.3, 0.4) is 0 Å². The van der Waals surface area contributed by atoms with Crippen molar-refractivity contribution in [3.8, 4) is 11.8 Å². The second kappa shape index (κ2) is 10.3. The molecule has 2 aromatic heterocycles. The molecule has 3 aliphatic rings. The third kappa shape index (κ3) is 5.29. The van der Waals surface area contributed by atoms with Crippen LogP contribution in [0.2, 0.25) is 0 Å². The number of benzene rings is 1. The van der Waals surface area contributed by atoms with E-state index in [1.54, 1.807) is 17.0 Å². The highest BCUT2D eigenvalue weighted by Gasteiger charge is 2.48. The molecule has 2 saturated carbocycles. The van der Waals surface area contributed by atoms with Gasteiger partial charge in [0.1, 0.15) is 17.7 Å². The second-order valence-electron chi connectivity index (χ2n) is 10.3. The van der Waals surface area contributed by atoms with Crippen molar-refractivity contribution in [2.75, 3.05) is 18.8 Å². The van der Waals surface area contributed by atoms with Crippen molar-refractivity contribution in [1.82, 2.24) is 29.7 Å². The number of nitrogen functional groups attached to an aromatic ring is 1. The number of rotatable bonds is 7. The van der Waals surface area contributed by atoms with E-state index < -0.39 is 30.4 Å². The summed E-state index contributed by atoms with van der Waals surface area (Å²) in [5.74, 6) is 5.99. The number of carbonyl (C=O) groups is 2. The summed E-state index contributed by atoms with van der Waals surface area (Å²) < 4.78 is 7.17. The van der Waals surface area contributed by atoms with E-state index in [-0.39, 0.29) is 41.3 Å². The summed E-state index contributed by atoms with van der Waals surface area (Å²) in [6.45, 7) is 0.825. The molecule has 6 rings (SSSR count). The average molecular weight is 532 g/mol. The molecule has 4 atom stereocenters. The fourth-order valence-electron chi connectivity index (χ4n) is 4.61. The van der Waals surface area contributed by atoms with E-state index in [0.717, 1.165) is 25.7 Å². The van der Waals surface area contributed by atoms with Crippen molar-refractivity contribution in [2.45, 2.75) is 56.3 Å². The molecule has 2 aliphatic carbocycles. The fourth-order valence-corrected chi connectivity index (χ4v) is 4.61. The number of carbonyl (C=O) groups excluding carboxylic acids is 2. The molecule has 1 aliphatic heterocycles. The summed E-state index contributed by atoms with van der Waals surface area (Å²) in [4.78, 5) is 40.2. The molecule has 39 heavy (non-hydrogen) atoms. The van der Waals surface area contributed by atoms with Crippen molar-refractivity contribution in [1.29, 1.82) is 0 Å². The summed E-state index contributed by atoms with van der Waals surface area (Å²) in [6.07, 6.45) is 0.140. The Labute approximate surface area is 224 Å². The maximum atomic E-state index is 13.0. The van der Waals surface area contributed by atoms with Crippen LogP contribution in [0, 0.1) is 17.8 Å². The van der Waals surface area contributed by atoms with Gasteiger partial charge in [0.25, 0.3) is 11.8 Å². The van der Waals surface area contributed by atoms with Gasteiger partial charge in [-0.2, -0.15) is 0 Å². The molecular weight excluding hydrogens is 502 g/mol. The van der Waals surface area contributed by atoms with Crippen LogP contribution in [0.5, 0.6) is 0 Å². The predicted molar refractivity (Wildman–Crippen MR) is 139 cm³/mol. The first kappa shape index (κ1) is 25.2. The van der Waals surface area contributed by atoms with E-state index >= 15 is 0 Å². The first-order chi connectivity index (χ1) is 18.9. The van der Waals surface area contributed by atoms with Gasteiger partial charge in [0.05, 0.1) is 12.9 Å². The van der Waals surface area contributed by atoms with Crippen LogP contribution in [-0.4, -0.2) is 83.9 Å². The Morgan fingerprint density at radius 3 is 2.62 bits per heavy atom. The molecule has 1 unspecified atom stereocenters. The Kier molecular flexibility index (Phi) is 6.64. The normalized spacial score (nSPS) is 24.3. The highest BCUT2D eigenvalue weighted by molar-refractivity contribution is 5.94. The average Bonchev–Trinajstić information content (AvgIpc) is 3.86. The van der Waals surface area contributed by atoms with E-state index in [9.17, 15) is 19.8 Å². The zero-order valence-electron chi connectivity index (χ0n) is 21.1. The number of aliphatic hydroxyl groups is 2. The Morgan fingerprint density at radius 1 is 1.13 bits per heavy atom. The Hall–Kier alpha value is -4.05. The van der Waals surface area contributed by atoms with E-state index in [4.69, 9.17) is 10.5 Å². The van der Waals surface area contributed by atoms with E-state index in [1.807, 2.05) is 18.2 Å². The lowest BCUT2D eigenvalue weighted by Crippen LogP contribution is -2.43. The minimum atomic E-state index is -1.43. The number of hydrogen-bond donors (Lipinski definition) is 4. The molecule has 3 fully saturated rings. The Balaban J connectivity index is 1.22. The zero-order chi connectivity index (χ0) is 27.1. The monoisotopic (exact) mass is 531 g/mol. The molecule has 0 spiro atoms. The summed E-state index contributed by atoms with van der Waals surface area (Å²) in [5, 5.41) is 24.0. The number of fused-ring (bicyclic) bond motifs is 1. The van der Waals surface area contributed by atoms with E-state index in [0.29, 0.717) is 18.0 Å². The highest BCUT2D eigenvalue weighted by atomic mass is 16.6. The molecule has 1 aromatic carbocycles. The van der Waals surface area contributed by atoms with Crippen LogP contribution < -0.4 is 11.1 Å². The number of nitrogens with zero attached hydrogens (tertiary/aromatic N) is 5. The molecule has 0 bridgehead atoms. The van der Waals surface area contributed by atoms with Crippen LogP contribution in [0.15, 0.2) is 36.7 Å². The lowest BCUT2D eigenvalue weighted by molar-refractivity contribution is -0.137. The molecule has 3 heterocycles. The highest BCUT2D eigenvalue weighted by Crippen LogP contribution is 2.33. The third-order valence-electron chi connectivity index (χ3n) is 7.10. The van der Waals surface area contributed by atoms with Crippen LogP contribution in [0.1, 0.15) is 48.1 Å². The molecule has 5 N–H and O–H groups in total. The lowest BCUT2D eigenvalue weighted by atomic mass is 10.1. The van der Waals surface area contributed by atoms with Crippen LogP contribution in [0.25, 0.3) is 11.2 Å². The largest absolute Gasteiger partial charge is 0.387 e. The van der Waals surface area contributed by atoms with Crippen LogP contribution >= 0.6 is 0 Å². The Bertz CT molecular complexity index is 1460. The Morgan fingerprint density at radius 2 is 1.90 bits per heavy atom. The van der Waals surface area contributed by atoms with Crippen LogP contribution in [0.4, 0.5) is 5.82 Å². The maximum Gasteiger partial charge on any atom is 0.254 e. The topological polar surface area (TPSA) is 169 Å². The van der Waals surface area contributed by atoms with Gasteiger partial charge in [-0.25, -0.2) is 15.0 Å². The summed E-state index contributed by atoms with van der Waals surface area (Å²) >= 11 is 0. The van der Waals surface area contributed by atoms with E-state index in [2.05, 4.69) is 32.1 Å². The van der Waals surface area contributed by atoms with Gasteiger partial charge in [-0.15, -0.1) is 0 Å². The number of nitrogens with one attached hydrogen (secondary N) is 1. The van der Waals surface area contributed by atoms with Gasteiger partial charge in [-0.05, 0) is 49.7 Å². The van der Waals surface area contributed by atoms with Crippen molar-refractivity contribution in [2.24, 2.45) is 5.92 Å². The van der Waals surface area contributed by atoms with Crippen LogP contribution in [-0.2, 0) is 9.53 Å². The minimum absolute atomic E-state index is 0.0781. The van der Waals surface area contributed by atoms with Gasteiger partial charge in [0.15, 0.2) is 23.8 Å². The van der Waals surface area contributed by atoms with Crippen molar-refractivity contribution in [3.63, 3.8) is 0 Å². The molecule has 2 amide bonds. The molecule has 0 radical (unpaired) electrons. The number of ether oxygens (including phenoxy) is 1. The number of anilines is 1. The summed E-state index contributed by atoms with van der Waals surface area (Å²) in [7, 11) is 0. The molecular formula is C27H29N7O5. The van der Waals surface area contributed by atoms with Gasteiger partial charge in [0, 0.05) is 18.2 Å². The van der Waals surface area contributed by atoms with Crippen molar-refractivity contribution in [3.05, 3.63) is 48.0 Å². The SMILES string of the molecule is Nc1nc(C#CCN(CC2CC2)C(=O)c2ccccc2)nc2c1ncn2[C@@H]1O[C@H](C(=O)NC2CC2)[C@@H](O)C1O. The van der Waals surface area contributed by atoms with Gasteiger partial charge >= 0.3 is 0 Å². The molecule has 3 aromatic rings. The lowest BCUT2D eigenvalue weighted by Gasteiger charge is -2.20. The number of imidazole rings is 1. The van der Waals surface area contributed by atoms with Crippen molar-refractivity contribution < 1.29 is 24.5 Å². The smallest absolute Gasteiger partial charge is 0.254 e. The number of nitrogens with two attached hydrogens (primary N) is 1. The second-order valence-corrected chi connectivity index (χ2v) is 10.3. The molecule has 1 saturated heterocycles. The number of aromatic nitrogens is 4. The van der Waals surface area contributed by atoms with Gasteiger partial charge in [-0.1, -0.05) is 24.1 Å². The van der Waals surface area contributed by atoms with Gasteiger partial charge in [0.2, 0.25) is 5.82 Å². The maximum absolute atomic E-state index is 13.0. The first-order valence-corrected chi connectivity index (χ1v) is 13.0. The quantitative estimate of drug-likeness (QED) is 0.311. The molecule has 12 nitrogen and oxygen atoms in total. The summed E-state index contributed by atoms with van der Waals surface area (Å²) in [5.41, 5.74) is 7.23. The number of hydrogen-bond acceptors (Lipinski definition) is 9. The number of aliphatic hydroxyl groups excluding tert-OH is 2. The van der Waals surface area contributed by atoms with Crippen molar-refractivity contribution >= 4 is 28.8 Å². The molecule has 12 heteroatoms. The number of amides is 2. The first-order valence-electron chi connectivity index (χ1n) is 13.0. The third-order valence-corrected chi connectivity index (χ3v) is 7.10. The standard InChI is InChI=1S/C27H29N7O5/c28-23-19-24(34(14-29-19)27-21(36)20(35)22(39-27)25(37)30-17-10-11-17)32-18(31-23)7-4-12-33(13-15-8-9-15)26(38)16-5-2-1-3-6-16/h1-3,5-6,14-15,17,20-22,27,35-36H,8-13H2,(H,30,37)(H2,28,31,32)/t20-,21?,22-,27+/m0/s1. The van der Waals surface area contributed by atoms with Gasteiger partial charge < -0.3 is 30.9 Å². The van der Waals surface area contributed by atoms with Gasteiger partial charge in [-0.3, -0.25) is 14.2 Å².